The van der Waals surface area contributed by atoms with Gasteiger partial charge in [0.2, 0.25) is 0 Å². The van der Waals surface area contributed by atoms with E-state index in [2.05, 4.69) is 260 Å². The lowest BCUT2D eigenvalue weighted by molar-refractivity contribution is 0.670. The number of benzene rings is 11. The SMILES string of the molecule is c1ccc(C2(c3ccccc3)c3ccccc3-c3c(N(c4ccc(-c5cccc(-c6ccc7sc8ccccc8c7c6)c5)cc4)c4ccc(-c5cccc6c5oc5ccccc56)cc4)cccc32)cc1. The topological polar surface area (TPSA) is 16.4 Å². The van der Waals surface area contributed by atoms with Crippen molar-refractivity contribution in [3.8, 4) is 44.5 Å². The zero-order valence-electron chi connectivity index (χ0n) is 38.1. The van der Waals surface area contributed by atoms with Crippen LogP contribution in [0.15, 0.2) is 265 Å². The summed E-state index contributed by atoms with van der Waals surface area (Å²) in [5, 5.41) is 4.89. The van der Waals surface area contributed by atoms with Gasteiger partial charge in [-0.1, -0.05) is 200 Å². The summed E-state index contributed by atoms with van der Waals surface area (Å²) in [7, 11) is 0. The molecular weight excluding hydrogens is 867 g/mol. The molecule has 70 heavy (non-hydrogen) atoms. The van der Waals surface area contributed by atoms with Crippen molar-refractivity contribution in [3.05, 3.63) is 283 Å². The highest BCUT2D eigenvalue weighted by molar-refractivity contribution is 7.25. The van der Waals surface area contributed by atoms with Crippen molar-refractivity contribution in [1.29, 1.82) is 0 Å². The van der Waals surface area contributed by atoms with Crippen LogP contribution in [0.1, 0.15) is 22.3 Å². The summed E-state index contributed by atoms with van der Waals surface area (Å²) >= 11 is 1.86. The van der Waals surface area contributed by atoms with Crippen LogP contribution in [-0.2, 0) is 5.41 Å². The van der Waals surface area contributed by atoms with E-state index < -0.39 is 5.41 Å². The van der Waals surface area contributed by atoms with E-state index in [-0.39, 0.29) is 0 Å². The van der Waals surface area contributed by atoms with Crippen molar-refractivity contribution in [2.24, 2.45) is 0 Å². The van der Waals surface area contributed by atoms with Crippen LogP contribution in [0, 0.1) is 0 Å². The van der Waals surface area contributed by atoms with Gasteiger partial charge in [-0.25, -0.2) is 0 Å². The second-order valence-electron chi connectivity index (χ2n) is 18.3. The molecule has 0 amide bonds. The van der Waals surface area contributed by atoms with Crippen LogP contribution in [0.2, 0.25) is 0 Å². The third-order valence-electron chi connectivity index (χ3n) is 14.6. The molecule has 0 fully saturated rings. The molecule has 0 aliphatic heterocycles. The van der Waals surface area contributed by atoms with Crippen LogP contribution in [0.5, 0.6) is 0 Å². The standard InChI is InChI=1S/C67H43NOS/c1-3-18-49(19-4-1)67(50-20-5-2-6-21-50)59-27-10-7-24-57(59)65-60(67)28-15-29-61(65)68(52-39-34-45(35-40-52)53-25-14-26-56-54-22-8-11-30-62(54)69-66(53)56)51-37-32-44(33-38-51)46-16-13-17-47(42-46)48-36-41-64-58(43-48)55-23-9-12-31-63(55)70-64/h1-43H. The fourth-order valence-electron chi connectivity index (χ4n) is 11.4. The van der Waals surface area contributed by atoms with E-state index in [9.17, 15) is 0 Å². The normalized spacial score (nSPS) is 12.7. The predicted molar refractivity (Wildman–Crippen MR) is 295 cm³/mol. The van der Waals surface area contributed by atoms with Crippen LogP contribution in [0.25, 0.3) is 86.6 Å². The van der Waals surface area contributed by atoms with E-state index in [1.807, 2.05) is 17.4 Å². The van der Waals surface area contributed by atoms with Gasteiger partial charge in [0.05, 0.1) is 11.1 Å². The number of anilines is 3. The lowest BCUT2D eigenvalue weighted by atomic mass is 9.68. The molecule has 0 unspecified atom stereocenters. The highest BCUT2D eigenvalue weighted by Gasteiger charge is 2.47. The fraction of sp³-hybridized carbons (Fsp3) is 0.0149. The second-order valence-corrected chi connectivity index (χ2v) is 19.4. The monoisotopic (exact) mass is 909 g/mol. The summed E-state index contributed by atoms with van der Waals surface area (Å²) in [6.45, 7) is 0. The van der Waals surface area contributed by atoms with Gasteiger partial charge >= 0.3 is 0 Å². The summed E-state index contributed by atoms with van der Waals surface area (Å²) in [6.07, 6.45) is 0. The van der Waals surface area contributed by atoms with Crippen LogP contribution in [-0.4, -0.2) is 0 Å². The molecule has 13 aromatic rings. The van der Waals surface area contributed by atoms with Crippen molar-refractivity contribution >= 4 is 70.5 Å². The Morgan fingerprint density at radius 3 is 1.66 bits per heavy atom. The summed E-state index contributed by atoms with van der Waals surface area (Å²) in [6, 6.07) is 95.5. The summed E-state index contributed by atoms with van der Waals surface area (Å²) in [5.41, 5.74) is 19.0. The van der Waals surface area contributed by atoms with Crippen LogP contribution in [0.4, 0.5) is 17.1 Å². The van der Waals surface area contributed by atoms with Gasteiger partial charge in [-0.2, -0.15) is 0 Å². The zero-order valence-corrected chi connectivity index (χ0v) is 38.9. The number of nitrogens with zero attached hydrogens (tertiary/aromatic N) is 1. The maximum atomic E-state index is 6.53. The average Bonchev–Trinajstić information content (AvgIpc) is 4.11. The number of fused-ring (bicyclic) bond motifs is 9. The first-order valence-corrected chi connectivity index (χ1v) is 24.8. The molecule has 2 heterocycles. The Bertz CT molecular complexity index is 4070. The Balaban J connectivity index is 0.925. The van der Waals surface area contributed by atoms with Gasteiger partial charge in [-0.05, 0) is 116 Å². The van der Waals surface area contributed by atoms with Crippen molar-refractivity contribution in [2.75, 3.05) is 4.90 Å². The van der Waals surface area contributed by atoms with E-state index in [1.54, 1.807) is 0 Å². The molecule has 328 valence electrons. The van der Waals surface area contributed by atoms with Gasteiger partial charge in [-0.15, -0.1) is 11.3 Å². The first-order chi connectivity index (χ1) is 34.7. The molecule has 0 saturated carbocycles. The third kappa shape index (κ3) is 6.25. The molecule has 1 aliphatic carbocycles. The molecule has 0 atom stereocenters. The lowest BCUT2D eigenvalue weighted by Crippen LogP contribution is -2.28. The summed E-state index contributed by atoms with van der Waals surface area (Å²) in [5.74, 6) is 0. The Morgan fingerprint density at radius 2 is 0.886 bits per heavy atom. The molecule has 2 aromatic heterocycles. The molecule has 0 radical (unpaired) electrons. The van der Waals surface area contributed by atoms with Crippen LogP contribution >= 0.6 is 11.3 Å². The number of hydrogen-bond acceptors (Lipinski definition) is 3. The van der Waals surface area contributed by atoms with Gasteiger partial charge in [0.25, 0.3) is 0 Å². The quantitative estimate of drug-likeness (QED) is 0.151. The Morgan fingerprint density at radius 1 is 0.343 bits per heavy atom. The first-order valence-electron chi connectivity index (χ1n) is 24.0. The largest absolute Gasteiger partial charge is 0.455 e. The minimum Gasteiger partial charge on any atom is -0.455 e. The smallest absolute Gasteiger partial charge is 0.143 e. The molecule has 0 spiro atoms. The molecule has 11 aromatic carbocycles. The number of para-hydroxylation sites is 2. The maximum absolute atomic E-state index is 6.53. The van der Waals surface area contributed by atoms with Gasteiger partial charge in [0.1, 0.15) is 11.2 Å². The van der Waals surface area contributed by atoms with Crippen molar-refractivity contribution in [1.82, 2.24) is 0 Å². The molecule has 0 bridgehead atoms. The number of thiophene rings is 1. The Kier molecular flexibility index (Phi) is 9.33. The Hall–Kier alpha value is -8.76. The average molecular weight is 910 g/mol. The molecule has 2 nitrogen and oxygen atoms in total. The highest BCUT2D eigenvalue weighted by atomic mass is 32.1. The first kappa shape index (κ1) is 40.3. The van der Waals surface area contributed by atoms with Gasteiger partial charge in [-0.3, -0.25) is 0 Å². The number of rotatable bonds is 8. The number of hydrogen-bond donors (Lipinski definition) is 0. The minimum atomic E-state index is -0.527. The van der Waals surface area contributed by atoms with Crippen molar-refractivity contribution in [2.45, 2.75) is 5.41 Å². The minimum absolute atomic E-state index is 0.527. The highest BCUT2D eigenvalue weighted by Crippen LogP contribution is 2.59. The van der Waals surface area contributed by atoms with Gasteiger partial charge in [0.15, 0.2) is 0 Å². The molecule has 14 rings (SSSR count). The van der Waals surface area contributed by atoms with Gasteiger partial charge < -0.3 is 9.32 Å². The molecule has 0 N–H and O–H groups in total. The van der Waals surface area contributed by atoms with E-state index in [0.29, 0.717) is 0 Å². The van der Waals surface area contributed by atoms with E-state index >= 15 is 0 Å². The van der Waals surface area contributed by atoms with E-state index in [0.717, 1.165) is 55.7 Å². The van der Waals surface area contributed by atoms with Crippen LogP contribution in [0.3, 0.4) is 0 Å². The second kappa shape index (κ2) is 16.2. The fourth-order valence-corrected chi connectivity index (χ4v) is 12.5. The Labute approximate surface area is 410 Å². The molecular formula is C67H43NOS. The van der Waals surface area contributed by atoms with E-state index in [1.165, 1.54) is 70.2 Å². The molecule has 1 aliphatic rings. The van der Waals surface area contributed by atoms with Crippen LogP contribution < -0.4 is 4.90 Å². The zero-order chi connectivity index (χ0) is 46.2. The maximum Gasteiger partial charge on any atom is 0.143 e. The van der Waals surface area contributed by atoms with Crippen molar-refractivity contribution < 1.29 is 4.42 Å². The molecule has 3 heteroatoms. The summed E-state index contributed by atoms with van der Waals surface area (Å²) < 4.78 is 9.17. The van der Waals surface area contributed by atoms with Crippen molar-refractivity contribution in [3.63, 3.8) is 0 Å². The predicted octanol–water partition coefficient (Wildman–Crippen LogP) is 18.8. The lowest BCUT2D eigenvalue weighted by Gasteiger charge is -2.34. The summed E-state index contributed by atoms with van der Waals surface area (Å²) in [4.78, 5) is 2.45. The third-order valence-corrected chi connectivity index (χ3v) is 15.7. The molecule has 0 saturated heterocycles. The van der Waals surface area contributed by atoms with Gasteiger partial charge in [0, 0.05) is 53.4 Å². The number of furan rings is 1. The van der Waals surface area contributed by atoms with E-state index in [4.69, 9.17) is 4.42 Å².